The molecule has 0 radical (unpaired) electrons. The standard InChI is InChI=1S/C22H22N8O/c1-14-6-5-7-20(12-14)30-22(31)29(17(4)28-30)23-13-18-8-10-19(11-9-18)26-27-21-15(2)24-25-16(21)3/h5-13H,1-4H3,(H,24,25)/b23-13+,27-26?. The van der Waals surface area contributed by atoms with Crippen LogP contribution in [-0.4, -0.2) is 30.9 Å². The molecular weight excluding hydrogens is 392 g/mol. The van der Waals surface area contributed by atoms with Crippen molar-refractivity contribution in [3.8, 4) is 5.69 Å². The Morgan fingerprint density at radius 3 is 2.45 bits per heavy atom. The van der Waals surface area contributed by atoms with Gasteiger partial charge in [-0.2, -0.15) is 24.7 Å². The van der Waals surface area contributed by atoms with E-state index in [-0.39, 0.29) is 5.69 Å². The normalized spacial score (nSPS) is 11.7. The zero-order valence-corrected chi connectivity index (χ0v) is 17.7. The van der Waals surface area contributed by atoms with E-state index < -0.39 is 0 Å². The van der Waals surface area contributed by atoms with Gasteiger partial charge in [0, 0.05) is 0 Å². The fourth-order valence-corrected chi connectivity index (χ4v) is 3.07. The number of nitrogens with zero attached hydrogens (tertiary/aromatic N) is 7. The maximum absolute atomic E-state index is 12.7. The van der Waals surface area contributed by atoms with Crippen molar-refractivity contribution in [1.29, 1.82) is 0 Å². The van der Waals surface area contributed by atoms with Crippen molar-refractivity contribution in [2.75, 3.05) is 0 Å². The van der Waals surface area contributed by atoms with Crippen LogP contribution in [0, 0.1) is 27.7 Å². The Kier molecular flexibility index (Phi) is 5.40. The second-order valence-corrected chi connectivity index (χ2v) is 7.21. The Morgan fingerprint density at radius 2 is 1.77 bits per heavy atom. The highest BCUT2D eigenvalue weighted by atomic mass is 16.2. The van der Waals surface area contributed by atoms with Gasteiger partial charge in [-0.05, 0) is 63.1 Å². The summed E-state index contributed by atoms with van der Waals surface area (Å²) in [6.07, 6.45) is 1.61. The molecule has 2 aromatic heterocycles. The minimum atomic E-state index is -0.323. The third-order valence-corrected chi connectivity index (χ3v) is 4.73. The van der Waals surface area contributed by atoms with Crippen molar-refractivity contribution in [3.63, 3.8) is 0 Å². The summed E-state index contributed by atoms with van der Waals surface area (Å²) < 4.78 is 2.63. The first-order chi connectivity index (χ1) is 14.9. The van der Waals surface area contributed by atoms with E-state index in [9.17, 15) is 4.79 Å². The molecule has 0 spiro atoms. The summed E-state index contributed by atoms with van der Waals surface area (Å²) in [5.74, 6) is 0.499. The number of aromatic nitrogens is 5. The molecule has 0 saturated carbocycles. The summed E-state index contributed by atoms with van der Waals surface area (Å²) in [5, 5.41) is 24.1. The maximum Gasteiger partial charge on any atom is 0.371 e. The number of aromatic amines is 1. The second kappa shape index (κ2) is 8.31. The maximum atomic E-state index is 12.7. The van der Waals surface area contributed by atoms with Gasteiger partial charge in [-0.3, -0.25) is 5.10 Å². The Hall–Kier alpha value is -4.14. The fourth-order valence-electron chi connectivity index (χ4n) is 3.07. The number of hydrogen-bond acceptors (Lipinski definition) is 6. The van der Waals surface area contributed by atoms with Gasteiger partial charge < -0.3 is 0 Å². The molecule has 0 aliphatic rings. The van der Waals surface area contributed by atoms with Crippen LogP contribution in [0.2, 0.25) is 0 Å². The Bertz CT molecular complexity index is 1320. The molecule has 0 atom stereocenters. The number of H-pyrrole nitrogens is 1. The third kappa shape index (κ3) is 4.25. The van der Waals surface area contributed by atoms with Crippen LogP contribution in [0.1, 0.15) is 28.3 Å². The van der Waals surface area contributed by atoms with Crippen LogP contribution < -0.4 is 5.69 Å². The number of aryl methyl sites for hydroxylation is 4. The highest BCUT2D eigenvalue weighted by Crippen LogP contribution is 2.23. The Balaban J connectivity index is 1.54. The van der Waals surface area contributed by atoms with Crippen LogP contribution in [0.5, 0.6) is 0 Å². The third-order valence-electron chi connectivity index (χ3n) is 4.73. The van der Waals surface area contributed by atoms with Gasteiger partial charge in [-0.15, -0.1) is 10.2 Å². The first-order valence-electron chi connectivity index (χ1n) is 9.76. The zero-order chi connectivity index (χ0) is 22.0. The van der Waals surface area contributed by atoms with Gasteiger partial charge in [0.1, 0.15) is 5.69 Å². The molecule has 156 valence electrons. The molecule has 4 rings (SSSR count). The van der Waals surface area contributed by atoms with Gasteiger partial charge in [-0.1, -0.05) is 24.3 Å². The SMILES string of the molecule is Cc1cccc(-n2nc(C)n(/N=C/c3ccc(N=Nc4c(C)n[nH]c4C)cc3)c2=O)c1. The smallest absolute Gasteiger partial charge is 0.280 e. The highest BCUT2D eigenvalue weighted by molar-refractivity contribution is 5.80. The minimum Gasteiger partial charge on any atom is -0.280 e. The number of hydrogen-bond donors (Lipinski definition) is 1. The van der Waals surface area contributed by atoms with E-state index >= 15 is 0 Å². The molecule has 9 heteroatoms. The van der Waals surface area contributed by atoms with E-state index in [1.165, 1.54) is 9.36 Å². The summed E-state index contributed by atoms with van der Waals surface area (Å²) in [5.41, 5.74) is 5.38. The largest absolute Gasteiger partial charge is 0.371 e. The van der Waals surface area contributed by atoms with E-state index in [1.807, 2.05) is 69.3 Å². The Morgan fingerprint density at radius 1 is 1.00 bits per heavy atom. The number of azo groups is 1. The van der Waals surface area contributed by atoms with Gasteiger partial charge in [-0.25, -0.2) is 4.79 Å². The van der Waals surface area contributed by atoms with E-state index in [1.54, 1.807) is 13.1 Å². The lowest BCUT2D eigenvalue weighted by molar-refractivity contribution is 0.778. The Labute approximate surface area is 178 Å². The molecule has 0 bridgehead atoms. The summed E-state index contributed by atoms with van der Waals surface area (Å²) in [6.45, 7) is 7.49. The molecule has 0 amide bonds. The lowest BCUT2D eigenvalue weighted by Crippen LogP contribution is -2.21. The van der Waals surface area contributed by atoms with Crippen molar-refractivity contribution in [3.05, 3.63) is 87.4 Å². The van der Waals surface area contributed by atoms with Gasteiger partial charge in [0.05, 0.1) is 29.0 Å². The topological polar surface area (TPSA) is 106 Å². The van der Waals surface area contributed by atoms with E-state index in [0.717, 1.165) is 28.2 Å². The van der Waals surface area contributed by atoms with Crippen molar-refractivity contribution >= 4 is 17.6 Å². The van der Waals surface area contributed by atoms with Crippen molar-refractivity contribution in [1.82, 2.24) is 24.7 Å². The van der Waals surface area contributed by atoms with Gasteiger partial charge in [0.25, 0.3) is 0 Å². The zero-order valence-electron chi connectivity index (χ0n) is 17.7. The number of benzene rings is 2. The molecule has 0 aliphatic heterocycles. The number of rotatable bonds is 5. The monoisotopic (exact) mass is 414 g/mol. The molecule has 31 heavy (non-hydrogen) atoms. The molecule has 0 unspecified atom stereocenters. The van der Waals surface area contributed by atoms with Crippen molar-refractivity contribution in [2.45, 2.75) is 27.7 Å². The predicted octanol–water partition coefficient (Wildman–Crippen LogP) is 4.29. The molecule has 2 aromatic carbocycles. The summed E-state index contributed by atoms with van der Waals surface area (Å²) >= 11 is 0. The van der Waals surface area contributed by atoms with E-state index in [4.69, 9.17) is 0 Å². The molecule has 2 heterocycles. The van der Waals surface area contributed by atoms with Crippen LogP contribution in [0.3, 0.4) is 0 Å². The molecule has 0 saturated heterocycles. The number of nitrogens with one attached hydrogen (secondary N) is 1. The van der Waals surface area contributed by atoms with Crippen LogP contribution in [0.25, 0.3) is 5.69 Å². The molecule has 1 N–H and O–H groups in total. The highest BCUT2D eigenvalue weighted by Gasteiger charge is 2.10. The lowest BCUT2D eigenvalue weighted by Gasteiger charge is -1.99. The van der Waals surface area contributed by atoms with E-state index in [0.29, 0.717) is 17.2 Å². The van der Waals surface area contributed by atoms with E-state index in [2.05, 4.69) is 30.6 Å². The van der Waals surface area contributed by atoms with Crippen LogP contribution in [0.15, 0.2) is 68.7 Å². The minimum absolute atomic E-state index is 0.323. The molecule has 0 fully saturated rings. The quantitative estimate of drug-likeness (QED) is 0.389. The average molecular weight is 414 g/mol. The predicted molar refractivity (Wildman–Crippen MR) is 119 cm³/mol. The summed E-state index contributed by atoms with van der Waals surface area (Å²) in [6, 6.07) is 15.0. The van der Waals surface area contributed by atoms with Crippen LogP contribution in [-0.2, 0) is 0 Å². The fraction of sp³-hybridized carbons (Fsp3) is 0.182. The molecule has 9 nitrogen and oxygen atoms in total. The second-order valence-electron chi connectivity index (χ2n) is 7.21. The summed E-state index contributed by atoms with van der Waals surface area (Å²) in [4.78, 5) is 12.7. The van der Waals surface area contributed by atoms with Crippen molar-refractivity contribution < 1.29 is 0 Å². The lowest BCUT2D eigenvalue weighted by atomic mass is 10.2. The van der Waals surface area contributed by atoms with Gasteiger partial charge in [0.15, 0.2) is 5.82 Å². The van der Waals surface area contributed by atoms with Gasteiger partial charge in [0.2, 0.25) is 0 Å². The van der Waals surface area contributed by atoms with Crippen LogP contribution >= 0.6 is 0 Å². The average Bonchev–Trinajstić information content (AvgIpc) is 3.23. The van der Waals surface area contributed by atoms with Crippen LogP contribution in [0.4, 0.5) is 11.4 Å². The van der Waals surface area contributed by atoms with Crippen molar-refractivity contribution in [2.24, 2.45) is 15.3 Å². The van der Waals surface area contributed by atoms with Gasteiger partial charge >= 0.3 is 5.69 Å². The first-order valence-corrected chi connectivity index (χ1v) is 9.76. The summed E-state index contributed by atoms with van der Waals surface area (Å²) in [7, 11) is 0. The molecular formula is C22H22N8O. The molecule has 4 aromatic rings. The molecule has 0 aliphatic carbocycles. The first kappa shape index (κ1) is 20.1.